The molecule has 0 radical (unpaired) electrons. The van der Waals surface area contributed by atoms with Crippen LogP contribution in [0.5, 0.6) is 11.5 Å². The molecule has 3 aromatic carbocycles. The van der Waals surface area contributed by atoms with Crippen molar-refractivity contribution < 1.29 is 23.9 Å². The van der Waals surface area contributed by atoms with Crippen molar-refractivity contribution in [2.75, 3.05) is 88.9 Å². The van der Waals surface area contributed by atoms with E-state index >= 15 is 0 Å². The van der Waals surface area contributed by atoms with E-state index in [4.69, 9.17) is 15.6 Å². The summed E-state index contributed by atoms with van der Waals surface area (Å²) >= 11 is 0. The van der Waals surface area contributed by atoms with Crippen molar-refractivity contribution in [3.05, 3.63) is 89.5 Å². The zero-order valence-corrected chi connectivity index (χ0v) is 36.0. The number of carbonyl (C=O) groups is 4. The van der Waals surface area contributed by atoms with Gasteiger partial charge in [0.05, 0.1) is 22.7 Å². The predicted octanol–water partition coefficient (Wildman–Crippen LogP) is 3.86. The first kappa shape index (κ1) is 40.7. The normalized spacial score (nSPS) is 23.7. The van der Waals surface area contributed by atoms with Crippen LogP contribution in [-0.4, -0.2) is 144 Å². The summed E-state index contributed by atoms with van der Waals surface area (Å²) in [6.45, 7) is 12.5. The number of hydrogen-bond donors (Lipinski definition) is 3. The number of nitrogens with two attached hydrogens (primary N) is 1. The molecule has 11 rings (SSSR count). The molecule has 4 aromatic rings. The highest BCUT2D eigenvalue weighted by atomic mass is 16.5. The van der Waals surface area contributed by atoms with Gasteiger partial charge in [-0.25, -0.2) is 9.67 Å². The molecule has 0 saturated carbocycles. The third kappa shape index (κ3) is 7.81. The van der Waals surface area contributed by atoms with Gasteiger partial charge in [0.1, 0.15) is 41.6 Å². The third-order valence-electron chi connectivity index (χ3n) is 14.4. The second kappa shape index (κ2) is 16.8. The van der Waals surface area contributed by atoms with Crippen LogP contribution in [0.15, 0.2) is 77.8 Å². The fourth-order valence-corrected chi connectivity index (χ4v) is 11.1. The molecule has 16 heteroatoms. The number of amidine groups is 1. The summed E-state index contributed by atoms with van der Waals surface area (Å²) in [4.78, 5) is 66.2. The van der Waals surface area contributed by atoms with Crippen LogP contribution in [0, 0.1) is 17.8 Å². The fraction of sp³-hybridized carbons (Fsp3) is 0.458. The zero-order chi connectivity index (χ0) is 43.5. The number of aromatic nitrogens is 2. The van der Waals surface area contributed by atoms with Gasteiger partial charge in [-0.15, -0.1) is 0 Å². The molecule has 2 atom stereocenters. The summed E-state index contributed by atoms with van der Waals surface area (Å²) < 4.78 is 8.21. The van der Waals surface area contributed by atoms with Crippen LogP contribution in [0.2, 0.25) is 0 Å². The van der Waals surface area contributed by atoms with E-state index in [-0.39, 0.29) is 18.7 Å². The van der Waals surface area contributed by atoms with E-state index in [0.717, 1.165) is 116 Å². The second-order valence-electron chi connectivity index (χ2n) is 18.8. The number of nitrogens with one attached hydrogen (secondary N) is 2. The van der Waals surface area contributed by atoms with Gasteiger partial charge in [-0.3, -0.25) is 29.4 Å². The number of amides is 4. The molecule has 16 nitrogen and oxygen atoms in total. The first-order valence-electron chi connectivity index (χ1n) is 23.0. The molecule has 8 heterocycles. The number of fused-ring (bicyclic) bond motifs is 2. The average molecular weight is 866 g/mol. The number of para-hydroxylation sites is 1. The van der Waals surface area contributed by atoms with E-state index < -0.39 is 23.8 Å². The number of nitrogens with zero attached hydrogens (tertiary/aromatic N) is 8. The van der Waals surface area contributed by atoms with Gasteiger partial charge in [0.15, 0.2) is 0 Å². The van der Waals surface area contributed by atoms with Crippen LogP contribution in [0.25, 0.3) is 11.3 Å². The highest BCUT2D eigenvalue weighted by molar-refractivity contribution is 6.23. The summed E-state index contributed by atoms with van der Waals surface area (Å²) in [6.07, 6.45) is 3.61. The molecule has 1 unspecified atom stereocenters. The maximum Gasteiger partial charge on any atom is 0.262 e. The number of carbonyl (C=O) groups excluding carboxylic acids is 4. The van der Waals surface area contributed by atoms with Crippen molar-refractivity contribution in [2.45, 2.75) is 44.2 Å². The zero-order valence-electron chi connectivity index (χ0n) is 36.0. The van der Waals surface area contributed by atoms with Crippen LogP contribution in [-0.2, 0) is 9.59 Å². The van der Waals surface area contributed by atoms with Crippen molar-refractivity contribution in [1.29, 1.82) is 0 Å². The van der Waals surface area contributed by atoms with Gasteiger partial charge in [0.2, 0.25) is 11.8 Å². The number of hydrogen-bond acceptors (Lipinski definition) is 13. The molecular weight excluding hydrogens is 811 g/mol. The molecular formula is C48H55N11O5. The van der Waals surface area contributed by atoms with Crippen LogP contribution in [0.1, 0.15) is 64.4 Å². The number of likely N-dealkylation sites (tertiary alicyclic amines) is 3. The van der Waals surface area contributed by atoms with Crippen LogP contribution < -0.4 is 26.0 Å². The van der Waals surface area contributed by atoms with E-state index in [2.05, 4.69) is 39.9 Å². The Morgan fingerprint density at radius 3 is 2.17 bits per heavy atom. The lowest BCUT2D eigenvalue weighted by molar-refractivity contribution is -0.136. The molecule has 7 aliphatic rings. The summed E-state index contributed by atoms with van der Waals surface area (Å²) in [5.74, 6) is 3.16. The Morgan fingerprint density at radius 2 is 1.39 bits per heavy atom. The third-order valence-corrected chi connectivity index (χ3v) is 14.4. The van der Waals surface area contributed by atoms with Crippen LogP contribution in [0.3, 0.4) is 0 Å². The molecule has 5 fully saturated rings. The van der Waals surface area contributed by atoms with Crippen molar-refractivity contribution in [3.63, 3.8) is 0 Å². The van der Waals surface area contributed by atoms with Gasteiger partial charge < -0.3 is 35.4 Å². The maximum absolute atomic E-state index is 13.3. The van der Waals surface area contributed by atoms with Crippen LogP contribution >= 0.6 is 0 Å². The standard InChI is InChI=1S/C48H55N11O5/c49-44-42-43(33-6-9-37(10-7-33)64-36-4-2-1-3-5-36)53-59(45(42)51-29-50-44)34-15-18-54(19-16-34)21-30-14-17-55(22-30)23-31-24-56(25-31)26-32-27-57(28-32)35-8-11-38-39(20-35)48(63)58(47(38)62)40-12-13-41(60)52-46(40)61/h1-11,20,30-32,34,40,51H,12-19,21-29H2,(H2,49,50)(H,52,60,61)/t30-,40?/m1/s1. The van der Waals surface area contributed by atoms with Crippen LogP contribution in [0.4, 0.5) is 11.5 Å². The van der Waals surface area contributed by atoms with Crippen molar-refractivity contribution >= 4 is 41.0 Å². The van der Waals surface area contributed by atoms with Gasteiger partial charge in [0, 0.05) is 89.0 Å². The quantitative estimate of drug-likeness (QED) is 0.176. The highest BCUT2D eigenvalue weighted by Crippen LogP contribution is 2.38. The average Bonchev–Trinajstić information content (AvgIpc) is 3.96. The minimum Gasteiger partial charge on any atom is -0.457 e. The largest absolute Gasteiger partial charge is 0.457 e. The molecule has 332 valence electrons. The van der Waals surface area contributed by atoms with Gasteiger partial charge in [0.25, 0.3) is 11.8 Å². The number of aliphatic imine (C=N–C) groups is 1. The first-order valence-corrected chi connectivity index (χ1v) is 23.0. The lowest BCUT2D eigenvalue weighted by Gasteiger charge is -2.48. The lowest BCUT2D eigenvalue weighted by Crippen LogP contribution is -2.57. The molecule has 4 amide bonds. The molecule has 64 heavy (non-hydrogen) atoms. The molecule has 0 bridgehead atoms. The smallest absolute Gasteiger partial charge is 0.262 e. The minimum absolute atomic E-state index is 0.108. The maximum atomic E-state index is 13.3. The molecule has 7 aliphatic heterocycles. The Balaban J connectivity index is 0.612. The van der Waals surface area contributed by atoms with Crippen molar-refractivity contribution in [2.24, 2.45) is 28.5 Å². The number of anilines is 2. The Kier molecular flexibility index (Phi) is 10.7. The van der Waals surface area contributed by atoms with Crippen molar-refractivity contribution in [1.82, 2.24) is 34.7 Å². The van der Waals surface area contributed by atoms with Gasteiger partial charge in [-0.05, 0) is 98.7 Å². The van der Waals surface area contributed by atoms with E-state index in [1.54, 1.807) is 12.1 Å². The fourth-order valence-electron chi connectivity index (χ4n) is 11.1. The lowest BCUT2D eigenvalue weighted by atomic mass is 9.93. The number of ether oxygens (including phenoxy) is 1. The summed E-state index contributed by atoms with van der Waals surface area (Å²) in [7, 11) is 0. The molecule has 4 N–H and O–H groups in total. The SMILES string of the molecule is NC1=NCNc2c1c(-c1ccc(Oc3ccccc3)cc1)nn2C1CCN(C[C@H]2CCN(CC3CN(CC4CN(c5ccc6c(c5)C(=O)N(C5CCC(=O)NC5=O)C6=O)C4)C3)C2)CC1. The van der Waals surface area contributed by atoms with Gasteiger partial charge in [-0.2, -0.15) is 5.10 Å². The number of rotatable bonds is 12. The molecule has 5 saturated heterocycles. The highest BCUT2D eigenvalue weighted by Gasteiger charge is 2.45. The number of imide groups is 2. The Labute approximate surface area is 372 Å². The first-order chi connectivity index (χ1) is 31.2. The molecule has 0 spiro atoms. The molecule has 0 aliphatic carbocycles. The summed E-state index contributed by atoms with van der Waals surface area (Å²) in [6, 6.07) is 22.6. The molecule has 1 aromatic heterocycles. The van der Waals surface area contributed by atoms with E-state index in [1.165, 1.54) is 26.1 Å². The monoisotopic (exact) mass is 865 g/mol. The Hall–Kier alpha value is -6.10. The van der Waals surface area contributed by atoms with E-state index in [9.17, 15) is 19.2 Å². The Bertz CT molecular complexity index is 2490. The number of piperidine rings is 2. The predicted molar refractivity (Wildman–Crippen MR) is 241 cm³/mol. The Morgan fingerprint density at radius 1 is 0.703 bits per heavy atom. The summed E-state index contributed by atoms with van der Waals surface area (Å²) in [5.41, 5.74) is 10.8. The van der Waals surface area contributed by atoms with Gasteiger partial charge in [-0.1, -0.05) is 18.2 Å². The summed E-state index contributed by atoms with van der Waals surface area (Å²) in [5, 5.41) is 10.9. The van der Waals surface area contributed by atoms with E-state index in [0.29, 0.717) is 41.5 Å². The number of benzene rings is 3. The topological polar surface area (TPSA) is 174 Å². The van der Waals surface area contributed by atoms with Gasteiger partial charge >= 0.3 is 0 Å². The second-order valence-corrected chi connectivity index (χ2v) is 18.8. The minimum atomic E-state index is -0.951. The van der Waals surface area contributed by atoms with Crippen molar-refractivity contribution in [3.8, 4) is 22.8 Å². The van der Waals surface area contributed by atoms with E-state index in [1.807, 2.05) is 60.7 Å².